The zero-order chi connectivity index (χ0) is 16.7. The molecule has 0 radical (unpaired) electrons. The summed E-state index contributed by atoms with van der Waals surface area (Å²) < 4.78 is 0.968. The summed E-state index contributed by atoms with van der Waals surface area (Å²) in [5.41, 5.74) is 3.77. The second-order valence-corrected chi connectivity index (χ2v) is 5.76. The fourth-order valence-corrected chi connectivity index (χ4v) is 2.02. The molecule has 0 bridgehead atoms. The molecule has 2 aromatic rings. The van der Waals surface area contributed by atoms with Crippen LogP contribution in [0.5, 0.6) is 0 Å². The van der Waals surface area contributed by atoms with E-state index in [9.17, 15) is 9.59 Å². The second-order valence-electron chi connectivity index (χ2n) is 4.85. The first-order valence-electron chi connectivity index (χ1n) is 7.00. The first kappa shape index (κ1) is 16.9. The Hall–Kier alpha value is -2.47. The van der Waals surface area contributed by atoms with Crippen molar-refractivity contribution in [3.8, 4) is 0 Å². The summed E-state index contributed by atoms with van der Waals surface area (Å²) in [5.74, 6) is -0.687. The number of hydrogen-bond donors (Lipinski definition) is 2. The molecule has 0 saturated heterocycles. The third kappa shape index (κ3) is 5.34. The quantitative estimate of drug-likeness (QED) is 0.624. The van der Waals surface area contributed by atoms with E-state index in [2.05, 4.69) is 31.8 Å². The van der Waals surface area contributed by atoms with Crippen LogP contribution in [0.1, 0.15) is 22.8 Å². The minimum Gasteiger partial charge on any atom is -0.340 e. The number of nitrogens with zero attached hydrogens (tertiary/aromatic N) is 1. The van der Waals surface area contributed by atoms with E-state index in [-0.39, 0.29) is 11.8 Å². The third-order valence-corrected chi connectivity index (χ3v) is 3.56. The van der Waals surface area contributed by atoms with Gasteiger partial charge in [0.1, 0.15) is 6.04 Å². The van der Waals surface area contributed by atoms with Crippen LogP contribution in [-0.4, -0.2) is 24.1 Å². The largest absolute Gasteiger partial charge is 0.340 e. The Labute approximate surface area is 142 Å². The van der Waals surface area contributed by atoms with Gasteiger partial charge in [0.05, 0.1) is 6.21 Å². The van der Waals surface area contributed by atoms with E-state index in [1.54, 1.807) is 31.2 Å². The van der Waals surface area contributed by atoms with Gasteiger partial charge in [-0.1, -0.05) is 46.3 Å². The SMILES string of the molecule is C[C@H](NC(=O)c1ccccc1)C(=O)NN=Cc1ccc(Br)cc1. The number of hydrogen-bond acceptors (Lipinski definition) is 3. The van der Waals surface area contributed by atoms with Crippen LogP contribution in [0.3, 0.4) is 0 Å². The zero-order valence-corrected chi connectivity index (χ0v) is 14.1. The molecule has 0 aliphatic carbocycles. The number of carbonyl (C=O) groups excluding carboxylic acids is 2. The van der Waals surface area contributed by atoms with Crippen molar-refractivity contribution in [1.82, 2.24) is 10.7 Å². The van der Waals surface area contributed by atoms with Gasteiger partial charge >= 0.3 is 0 Å². The monoisotopic (exact) mass is 373 g/mol. The summed E-state index contributed by atoms with van der Waals surface area (Å²) in [7, 11) is 0. The average molecular weight is 374 g/mol. The smallest absolute Gasteiger partial charge is 0.262 e. The van der Waals surface area contributed by atoms with Crippen molar-refractivity contribution in [2.45, 2.75) is 13.0 Å². The molecule has 0 unspecified atom stereocenters. The Balaban J connectivity index is 1.85. The molecule has 0 aliphatic heterocycles. The molecule has 0 saturated carbocycles. The molecule has 6 heteroatoms. The molecule has 118 valence electrons. The van der Waals surface area contributed by atoms with Crippen molar-refractivity contribution in [2.75, 3.05) is 0 Å². The van der Waals surface area contributed by atoms with E-state index in [0.717, 1.165) is 10.0 Å². The lowest BCUT2D eigenvalue weighted by molar-refractivity contribution is -0.122. The highest BCUT2D eigenvalue weighted by atomic mass is 79.9. The maximum Gasteiger partial charge on any atom is 0.262 e. The lowest BCUT2D eigenvalue weighted by Crippen LogP contribution is -2.43. The van der Waals surface area contributed by atoms with E-state index in [1.807, 2.05) is 30.3 Å². The van der Waals surface area contributed by atoms with E-state index < -0.39 is 6.04 Å². The molecule has 0 heterocycles. The van der Waals surface area contributed by atoms with E-state index in [0.29, 0.717) is 5.56 Å². The van der Waals surface area contributed by atoms with Crippen LogP contribution in [0.25, 0.3) is 0 Å². The molecule has 2 rings (SSSR count). The van der Waals surface area contributed by atoms with Crippen molar-refractivity contribution in [3.63, 3.8) is 0 Å². The second kappa shape index (κ2) is 8.24. The summed E-state index contributed by atoms with van der Waals surface area (Å²) in [5, 5.41) is 6.50. The molecule has 2 aromatic carbocycles. The number of halogens is 1. The van der Waals surface area contributed by atoms with Crippen LogP contribution in [0.2, 0.25) is 0 Å². The molecule has 1 atom stereocenters. The van der Waals surface area contributed by atoms with E-state index in [1.165, 1.54) is 6.21 Å². The normalized spacial score (nSPS) is 11.9. The Morgan fingerprint density at radius 2 is 1.74 bits per heavy atom. The molecule has 5 nitrogen and oxygen atoms in total. The maximum absolute atomic E-state index is 12.0. The summed E-state index contributed by atoms with van der Waals surface area (Å²) >= 11 is 3.34. The molecular formula is C17H16BrN3O2. The van der Waals surface area contributed by atoms with Gasteiger partial charge in [-0.15, -0.1) is 0 Å². The summed E-state index contributed by atoms with van der Waals surface area (Å²) in [6.45, 7) is 1.60. The minimum absolute atomic E-state index is 0.301. The number of carbonyl (C=O) groups is 2. The lowest BCUT2D eigenvalue weighted by Gasteiger charge is -2.12. The average Bonchev–Trinajstić information content (AvgIpc) is 2.57. The van der Waals surface area contributed by atoms with Gasteiger partial charge in [-0.05, 0) is 36.8 Å². The lowest BCUT2D eigenvalue weighted by atomic mass is 10.2. The van der Waals surface area contributed by atoms with Crippen LogP contribution in [0.4, 0.5) is 0 Å². The molecule has 0 aromatic heterocycles. The van der Waals surface area contributed by atoms with Gasteiger partial charge in [-0.25, -0.2) is 5.43 Å². The van der Waals surface area contributed by atoms with Crippen LogP contribution in [-0.2, 0) is 4.79 Å². The van der Waals surface area contributed by atoms with Crippen LogP contribution in [0, 0.1) is 0 Å². The van der Waals surface area contributed by atoms with Crippen molar-refractivity contribution < 1.29 is 9.59 Å². The van der Waals surface area contributed by atoms with E-state index >= 15 is 0 Å². The van der Waals surface area contributed by atoms with Crippen molar-refractivity contribution in [1.29, 1.82) is 0 Å². The molecule has 2 N–H and O–H groups in total. The summed E-state index contributed by atoms with van der Waals surface area (Å²) in [4.78, 5) is 23.9. The van der Waals surface area contributed by atoms with Crippen molar-refractivity contribution in [3.05, 3.63) is 70.2 Å². The Kier molecular flexibility index (Phi) is 6.05. The van der Waals surface area contributed by atoms with Gasteiger partial charge in [0.25, 0.3) is 11.8 Å². The summed E-state index contributed by atoms with van der Waals surface area (Å²) in [6, 6.07) is 15.5. The topological polar surface area (TPSA) is 70.6 Å². The number of amides is 2. The van der Waals surface area contributed by atoms with Gasteiger partial charge in [0, 0.05) is 10.0 Å². The van der Waals surface area contributed by atoms with Crippen molar-refractivity contribution in [2.24, 2.45) is 5.10 Å². The molecular weight excluding hydrogens is 358 g/mol. The predicted molar refractivity (Wildman–Crippen MR) is 93.2 cm³/mol. The molecule has 2 amide bonds. The van der Waals surface area contributed by atoms with Gasteiger partial charge in [-0.2, -0.15) is 5.10 Å². The fraction of sp³-hybridized carbons (Fsp3) is 0.118. The van der Waals surface area contributed by atoms with Crippen molar-refractivity contribution >= 4 is 34.0 Å². The van der Waals surface area contributed by atoms with E-state index in [4.69, 9.17) is 0 Å². The minimum atomic E-state index is -0.690. The first-order chi connectivity index (χ1) is 11.1. The van der Waals surface area contributed by atoms with Crippen LogP contribution >= 0.6 is 15.9 Å². The molecule has 0 fully saturated rings. The molecule has 23 heavy (non-hydrogen) atoms. The van der Waals surface area contributed by atoms with Gasteiger partial charge < -0.3 is 5.32 Å². The fourth-order valence-electron chi connectivity index (χ4n) is 1.75. The number of hydrazone groups is 1. The first-order valence-corrected chi connectivity index (χ1v) is 7.80. The number of nitrogens with one attached hydrogen (secondary N) is 2. The van der Waals surface area contributed by atoms with Crippen LogP contribution < -0.4 is 10.7 Å². The number of rotatable bonds is 5. The van der Waals surface area contributed by atoms with Crippen LogP contribution in [0.15, 0.2) is 64.2 Å². The highest BCUT2D eigenvalue weighted by Gasteiger charge is 2.15. The van der Waals surface area contributed by atoms with Gasteiger partial charge in [-0.3, -0.25) is 9.59 Å². The number of benzene rings is 2. The standard InChI is InChI=1S/C17H16BrN3O2/c1-12(20-17(23)14-5-3-2-4-6-14)16(22)21-19-11-13-7-9-15(18)10-8-13/h2-12H,1H3,(H,20,23)(H,21,22)/t12-/m0/s1. The highest BCUT2D eigenvalue weighted by Crippen LogP contribution is 2.08. The Morgan fingerprint density at radius 3 is 2.39 bits per heavy atom. The van der Waals surface area contributed by atoms with Gasteiger partial charge in [0.2, 0.25) is 0 Å². The highest BCUT2D eigenvalue weighted by molar-refractivity contribution is 9.10. The third-order valence-electron chi connectivity index (χ3n) is 3.04. The molecule has 0 spiro atoms. The molecule has 0 aliphatic rings. The van der Waals surface area contributed by atoms with Gasteiger partial charge in [0.15, 0.2) is 0 Å². The zero-order valence-electron chi connectivity index (χ0n) is 12.5. The maximum atomic E-state index is 12.0. The Morgan fingerprint density at radius 1 is 1.09 bits per heavy atom. The summed E-state index contributed by atoms with van der Waals surface area (Å²) in [6.07, 6.45) is 1.54. The Bertz CT molecular complexity index is 700. The predicted octanol–water partition coefficient (Wildman–Crippen LogP) is 2.72.